The molecule has 3 fully saturated rings. The summed E-state index contributed by atoms with van der Waals surface area (Å²) in [5.74, 6) is -0.202. The first-order chi connectivity index (χ1) is 9.83. The van der Waals surface area contributed by atoms with Crippen LogP contribution in [-0.4, -0.2) is 36.5 Å². The van der Waals surface area contributed by atoms with Gasteiger partial charge < -0.3 is 14.2 Å². The number of fused-ring (bicyclic) bond motifs is 2. The molecule has 1 spiro atoms. The van der Waals surface area contributed by atoms with Crippen LogP contribution >= 0.6 is 0 Å². The number of hydrogen-bond acceptors (Lipinski definition) is 4. The van der Waals surface area contributed by atoms with Crippen molar-refractivity contribution in [3.63, 3.8) is 0 Å². The topological polar surface area (TPSA) is 48.1 Å². The molecular weight excluding hydrogens is 268 g/mol. The minimum absolute atomic E-state index is 0.0455. The van der Waals surface area contributed by atoms with Gasteiger partial charge in [-0.3, -0.25) is 4.79 Å². The predicted octanol–water partition coefficient (Wildman–Crippen LogP) is 2.61. The molecule has 0 aromatic heterocycles. The fourth-order valence-electron chi connectivity index (χ4n) is 5.22. The highest BCUT2D eigenvalue weighted by molar-refractivity contribution is 5.66. The van der Waals surface area contributed by atoms with E-state index in [1.807, 2.05) is 0 Å². The quantitative estimate of drug-likeness (QED) is 0.423. The van der Waals surface area contributed by atoms with Gasteiger partial charge in [-0.2, -0.15) is 0 Å². The molecule has 0 radical (unpaired) electrons. The Kier molecular flexibility index (Phi) is 2.56. The van der Waals surface area contributed by atoms with E-state index in [0.29, 0.717) is 0 Å². The van der Waals surface area contributed by atoms with Crippen molar-refractivity contribution in [2.24, 2.45) is 10.8 Å². The van der Waals surface area contributed by atoms with Gasteiger partial charge in [0.1, 0.15) is 11.7 Å². The Balaban J connectivity index is 1.82. The second-order valence-electron chi connectivity index (χ2n) is 7.69. The van der Waals surface area contributed by atoms with E-state index in [1.54, 1.807) is 0 Å². The summed E-state index contributed by atoms with van der Waals surface area (Å²) in [5, 5.41) is 0. The van der Waals surface area contributed by atoms with Crippen LogP contribution in [0.5, 0.6) is 0 Å². The summed E-state index contributed by atoms with van der Waals surface area (Å²) in [6.45, 7) is 8.96. The smallest absolute Gasteiger partial charge is 0.302 e. The van der Waals surface area contributed by atoms with Crippen LogP contribution in [0.25, 0.3) is 0 Å². The maximum Gasteiger partial charge on any atom is 0.302 e. The Morgan fingerprint density at radius 3 is 2.76 bits per heavy atom. The van der Waals surface area contributed by atoms with Crippen LogP contribution in [0.15, 0.2) is 11.6 Å². The molecule has 4 aliphatic rings. The lowest BCUT2D eigenvalue weighted by Crippen LogP contribution is -2.63. The molecule has 4 nitrogen and oxygen atoms in total. The van der Waals surface area contributed by atoms with Crippen molar-refractivity contribution >= 4 is 5.97 Å². The monoisotopic (exact) mass is 292 g/mol. The molecule has 2 saturated heterocycles. The van der Waals surface area contributed by atoms with Gasteiger partial charge in [-0.15, -0.1) is 0 Å². The molecule has 21 heavy (non-hydrogen) atoms. The number of epoxide rings is 1. The minimum atomic E-state index is -0.239. The summed E-state index contributed by atoms with van der Waals surface area (Å²) < 4.78 is 18.1. The molecule has 0 N–H and O–H groups in total. The van der Waals surface area contributed by atoms with Gasteiger partial charge in [-0.25, -0.2) is 0 Å². The van der Waals surface area contributed by atoms with Crippen molar-refractivity contribution in [3.05, 3.63) is 11.6 Å². The molecule has 2 aliphatic carbocycles. The van der Waals surface area contributed by atoms with Gasteiger partial charge >= 0.3 is 5.97 Å². The lowest BCUT2D eigenvalue weighted by molar-refractivity contribution is -0.210. The summed E-state index contributed by atoms with van der Waals surface area (Å²) in [4.78, 5) is 11.6. The Morgan fingerprint density at radius 1 is 1.43 bits per heavy atom. The Morgan fingerprint density at radius 2 is 2.14 bits per heavy atom. The summed E-state index contributed by atoms with van der Waals surface area (Å²) >= 11 is 0. The number of esters is 1. The van der Waals surface area contributed by atoms with Crippen LogP contribution in [-0.2, 0) is 19.0 Å². The van der Waals surface area contributed by atoms with Crippen molar-refractivity contribution < 1.29 is 19.0 Å². The lowest BCUT2D eigenvalue weighted by atomic mass is 9.52. The third-order valence-corrected chi connectivity index (χ3v) is 6.83. The largest absolute Gasteiger partial charge is 0.462 e. The van der Waals surface area contributed by atoms with Crippen LogP contribution in [0.3, 0.4) is 0 Å². The van der Waals surface area contributed by atoms with Crippen LogP contribution in [0.1, 0.15) is 47.0 Å². The zero-order valence-corrected chi connectivity index (χ0v) is 13.3. The van der Waals surface area contributed by atoms with Crippen molar-refractivity contribution in [2.75, 3.05) is 6.61 Å². The van der Waals surface area contributed by atoms with Gasteiger partial charge in [0.25, 0.3) is 0 Å². The zero-order chi connectivity index (χ0) is 15.0. The third kappa shape index (κ3) is 1.45. The van der Waals surface area contributed by atoms with E-state index >= 15 is 0 Å². The van der Waals surface area contributed by atoms with Crippen LogP contribution in [0, 0.1) is 10.8 Å². The van der Waals surface area contributed by atoms with Crippen LogP contribution < -0.4 is 0 Å². The number of hydrogen-bond donors (Lipinski definition) is 0. The number of rotatable bonds is 1. The summed E-state index contributed by atoms with van der Waals surface area (Å²) in [5.41, 5.74) is 0.946. The fourth-order valence-corrected chi connectivity index (χ4v) is 5.22. The molecule has 2 aliphatic heterocycles. The van der Waals surface area contributed by atoms with Crippen molar-refractivity contribution in [1.82, 2.24) is 0 Å². The van der Waals surface area contributed by atoms with E-state index in [0.717, 1.165) is 25.9 Å². The molecule has 4 heteroatoms. The van der Waals surface area contributed by atoms with Gasteiger partial charge in [0.05, 0.1) is 18.8 Å². The number of carbonyl (C=O) groups is 1. The van der Waals surface area contributed by atoms with Crippen LogP contribution in [0.4, 0.5) is 0 Å². The fraction of sp³-hybridized carbons (Fsp3) is 0.824. The number of allylic oxidation sites excluding steroid dienone is 1. The molecule has 2 heterocycles. The minimum Gasteiger partial charge on any atom is -0.462 e. The standard InChI is InChI=1S/C17H24O4/c1-10-5-6-15(3)12(7-10)21-14-8-13(20-11(2)18)16(15,4)17(14)9-19-17/h7,12-14H,5-6,8-9H2,1-4H3/t12-,13+,14+,15+,16+,17-/m1/s1. The van der Waals surface area contributed by atoms with Gasteiger partial charge in [-0.1, -0.05) is 25.5 Å². The van der Waals surface area contributed by atoms with Crippen molar-refractivity contribution in [3.8, 4) is 0 Å². The Hall–Kier alpha value is -0.870. The first-order valence-corrected chi connectivity index (χ1v) is 7.97. The Bertz CT molecular complexity index is 535. The molecule has 0 amide bonds. The zero-order valence-electron chi connectivity index (χ0n) is 13.3. The van der Waals surface area contributed by atoms with Crippen molar-refractivity contribution in [2.45, 2.75) is 70.9 Å². The van der Waals surface area contributed by atoms with Gasteiger partial charge in [0, 0.05) is 24.2 Å². The lowest BCUT2D eigenvalue weighted by Gasteiger charge is -2.57. The van der Waals surface area contributed by atoms with E-state index in [4.69, 9.17) is 14.2 Å². The van der Waals surface area contributed by atoms with E-state index in [2.05, 4.69) is 26.8 Å². The molecule has 4 rings (SSSR count). The summed E-state index contributed by atoms with van der Waals surface area (Å²) in [6.07, 6.45) is 5.23. The van der Waals surface area contributed by atoms with E-state index < -0.39 is 0 Å². The van der Waals surface area contributed by atoms with Gasteiger partial charge in [0.15, 0.2) is 0 Å². The molecule has 0 aromatic carbocycles. The second kappa shape index (κ2) is 3.90. The Labute approximate surface area is 125 Å². The molecule has 0 unspecified atom stereocenters. The molecule has 0 aromatic rings. The molecule has 116 valence electrons. The van der Waals surface area contributed by atoms with Gasteiger partial charge in [0.2, 0.25) is 0 Å². The van der Waals surface area contributed by atoms with E-state index in [9.17, 15) is 4.79 Å². The third-order valence-electron chi connectivity index (χ3n) is 6.83. The van der Waals surface area contributed by atoms with Gasteiger partial charge in [-0.05, 0) is 19.8 Å². The maximum absolute atomic E-state index is 11.6. The summed E-state index contributed by atoms with van der Waals surface area (Å²) in [6, 6.07) is 0. The number of carbonyl (C=O) groups excluding carboxylic acids is 1. The summed E-state index contributed by atoms with van der Waals surface area (Å²) in [7, 11) is 0. The molecule has 6 atom stereocenters. The number of ether oxygens (including phenoxy) is 3. The first kappa shape index (κ1) is 13.8. The highest BCUT2D eigenvalue weighted by Gasteiger charge is 2.81. The van der Waals surface area contributed by atoms with E-state index in [-0.39, 0.29) is 40.7 Å². The molecular formula is C17H24O4. The second-order valence-corrected chi connectivity index (χ2v) is 7.69. The highest BCUT2D eigenvalue weighted by Crippen LogP contribution is 2.71. The van der Waals surface area contributed by atoms with Crippen LogP contribution in [0.2, 0.25) is 0 Å². The van der Waals surface area contributed by atoms with Crippen molar-refractivity contribution in [1.29, 1.82) is 0 Å². The molecule has 2 bridgehead atoms. The SMILES string of the molecule is CC(=O)O[C@H]1C[C@@H]2O[C@@H]3C=C(C)CC[C@]3(C)[C@@]1(C)[C@@]21CO1. The average molecular weight is 292 g/mol. The average Bonchev–Trinajstić information content (AvgIpc) is 3.16. The highest BCUT2D eigenvalue weighted by atomic mass is 16.6. The normalized spacial score (nSPS) is 54.1. The van der Waals surface area contributed by atoms with E-state index in [1.165, 1.54) is 12.5 Å². The molecule has 1 saturated carbocycles. The predicted molar refractivity (Wildman–Crippen MR) is 76.7 cm³/mol. The first-order valence-electron chi connectivity index (χ1n) is 7.97. The maximum atomic E-state index is 11.6.